The molecule has 2 amide bonds. The first-order valence-corrected chi connectivity index (χ1v) is 7.90. The summed E-state index contributed by atoms with van der Waals surface area (Å²) in [5, 5.41) is 20.5. The van der Waals surface area contributed by atoms with Gasteiger partial charge in [-0.25, -0.2) is 0 Å². The van der Waals surface area contributed by atoms with E-state index < -0.39 is 35.2 Å². The quantitative estimate of drug-likeness (QED) is 0.398. The second-order valence-electron chi connectivity index (χ2n) is 5.40. The molecular formula is C15H13N2NaO6S. The Morgan fingerprint density at radius 3 is 2.44 bits per heavy atom. The molecule has 2 aliphatic heterocycles. The smallest absolute Gasteiger partial charge is 0.543 e. The van der Waals surface area contributed by atoms with E-state index in [0.29, 0.717) is 0 Å². The van der Waals surface area contributed by atoms with Crippen LogP contribution in [0.15, 0.2) is 35.1 Å². The van der Waals surface area contributed by atoms with E-state index in [1.54, 1.807) is 0 Å². The van der Waals surface area contributed by atoms with Crippen LogP contribution in [-0.2, 0) is 9.59 Å². The predicted molar refractivity (Wildman–Crippen MR) is 81.0 cm³/mol. The summed E-state index contributed by atoms with van der Waals surface area (Å²) in [5.41, 5.74) is 5.07. The monoisotopic (exact) mass is 372 g/mol. The number of hydrogen-bond acceptors (Lipinski definition) is 7. The molecule has 8 nitrogen and oxygen atoms in total. The number of benzene rings is 1. The number of amides is 2. The van der Waals surface area contributed by atoms with E-state index >= 15 is 0 Å². The number of aliphatic hydroxyl groups excluding tert-OH is 1. The van der Waals surface area contributed by atoms with Crippen LogP contribution in [0, 0.1) is 5.92 Å². The molecule has 0 saturated carbocycles. The molecule has 2 heterocycles. The van der Waals surface area contributed by atoms with Gasteiger partial charge in [0.15, 0.2) is 5.09 Å². The van der Waals surface area contributed by atoms with Crippen molar-refractivity contribution in [3.05, 3.63) is 40.6 Å². The molecule has 126 valence electrons. The van der Waals surface area contributed by atoms with Gasteiger partial charge in [-0.1, -0.05) is 11.8 Å². The number of aliphatic carboxylic acids is 1. The van der Waals surface area contributed by atoms with Crippen molar-refractivity contribution in [3.63, 3.8) is 0 Å². The minimum absolute atomic E-state index is 0. The van der Waals surface area contributed by atoms with Crippen molar-refractivity contribution < 1.29 is 58.9 Å². The molecule has 25 heavy (non-hydrogen) atoms. The number of hydrogen-bond donors (Lipinski definition) is 2. The zero-order valence-electron chi connectivity index (χ0n) is 13.5. The van der Waals surface area contributed by atoms with Crippen LogP contribution >= 0.6 is 11.8 Å². The zero-order chi connectivity index (χ0) is 17.6. The fraction of sp³-hybridized carbons (Fsp3) is 0.267. The van der Waals surface area contributed by atoms with Crippen molar-refractivity contribution in [1.29, 1.82) is 0 Å². The fourth-order valence-corrected chi connectivity index (χ4v) is 4.07. The molecule has 10 heteroatoms. The van der Waals surface area contributed by atoms with Crippen LogP contribution in [0.3, 0.4) is 0 Å². The Bertz CT molecular complexity index is 764. The molecule has 3 atom stereocenters. The van der Waals surface area contributed by atoms with Gasteiger partial charge in [0, 0.05) is 5.56 Å². The van der Waals surface area contributed by atoms with Gasteiger partial charge >= 0.3 is 29.6 Å². The van der Waals surface area contributed by atoms with Gasteiger partial charge in [-0.2, -0.15) is 0 Å². The van der Waals surface area contributed by atoms with Gasteiger partial charge in [0.25, 0.3) is 0 Å². The number of β-lactam (4-membered cyclic amide) rings is 1. The Hall–Kier alpha value is -1.52. The maximum atomic E-state index is 12.0. The van der Waals surface area contributed by atoms with Crippen LogP contribution < -0.4 is 45.1 Å². The number of nitrogens with two attached hydrogens (primary N) is 1. The summed E-state index contributed by atoms with van der Waals surface area (Å²) >= 11 is 1.03. The van der Waals surface area contributed by atoms with Crippen molar-refractivity contribution in [2.45, 2.75) is 18.4 Å². The van der Waals surface area contributed by atoms with E-state index in [1.165, 1.54) is 31.2 Å². The van der Waals surface area contributed by atoms with E-state index in [1.807, 2.05) is 0 Å². The number of ether oxygens (including phenoxy) is 1. The van der Waals surface area contributed by atoms with Gasteiger partial charge in [-0.15, -0.1) is 0 Å². The Morgan fingerprint density at radius 1 is 1.36 bits per heavy atom. The van der Waals surface area contributed by atoms with Crippen LogP contribution in [-0.4, -0.2) is 39.3 Å². The van der Waals surface area contributed by atoms with Gasteiger partial charge in [-0.05, 0) is 31.2 Å². The van der Waals surface area contributed by atoms with Gasteiger partial charge in [0.1, 0.15) is 16.8 Å². The van der Waals surface area contributed by atoms with Gasteiger partial charge in [0.05, 0.1) is 18.0 Å². The number of carboxylic acid groups (broad SMARTS) is 1. The Balaban J connectivity index is 0.00000225. The summed E-state index contributed by atoms with van der Waals surface area (Å²) in [6.07, 6.45) is -0.900. The molecule has 0 aliphatic carbocycles. The second kappa shape index (κ2) is 7.38. The molecule has 3 N–H and O–H groups in total. The first-order valence-electron chi connectivity index (χ1n) is 7.02. The molecule has 0 spiro atoms. The van der Waals surface area contributed by atoms with Crippen molar-refractivity contribution in [2.24, 2.45) is 11.7 Å². The van der Waals surface area contributed by atoms with Crippen molar-refractivity contribution in [2.75, 3.05) is 0 Å². The second-order valence-corrected chi connectivity index (χ2v) is 6.49. The molecule has 3 rings (SSSR count). The van der Waals surface area contributed by atoms with Crippen molar-refractivity contribution in [1.82, 2.24) is 4.90 Å². The number of carboxylic acids is 1. The summed E-state index contributed by atoms with van der Waals surface area (Å²) in [6.45, 7) is 1.47. The fourth-order valence-electron chi connectivity index (χ4n) is 2.61. The third kappa shape index (κ3) is 3.42. The molecule has 0 radical (unpaired) electrons. The number of carbonyl (C=O) groups is 3. The molecule has 2 aliphatic rings. The maximum Gasteiger partial charge on any atom is 1.00 e. The van der Waals surface area contributed by atoms with E-state index in [9.17, 15) is 24.6 Å². The van der Waals surface area contributed by atoms with E-state index in [0.717, 1.165) is 16.7 Å². The number of aliphatic hydroxyl groups is 1. The van der Waals surface area contributed by atoms with Crippen LogP contribution in [0.25, 0.3) is 0 Å². The Labute approximate surface area is 169 Å². The van der Waals surface area contributed by atoms with Crippen molar-refractivity contribution in [3.8, 4) is 5.75 Å². The number of nitrogens with zero attached hydrogens (tertiary/aromatic N) is 1. The van der Waals surface area contributed by atoms with E-state index in [4.69, 9.17) is 10.5 Å². The number of thioether (sulfide) groups is 1. The first-order chi connectivity index (χ1) is 11.3. The van der Waals surface area contributed by atoms with Crippen LogP contribution in [0.4, 0.5) is 0 Å². The van der Waals surface area contributed by atoms with E-state index in [2.05, 4.69) is 0 Å². The first kappa shape index (κ1) is 19.8. The van der Waals surface area contributed by atoms with Crippen LogP contribution in [0.1, 0.15) is 17.3 Å². The summed E-state index contributed by atoms with van der Waals surface area (Å²) < 4.78 is 5.54. The SMILES string of the molecule is C[C@@H](O)[C@H]1C(=O)N2C(C(=O)[O-])=C(Oc3ccc(C(N)=O)cc3)S[C@H]12.[Na+]. The minimum Gasteiger partial charge on any atom is -0.543 e. The Kier molecular flexibility index (Phi) is 5.85. The predicted octanol–water partition coefficient (Wildman–Crippen LogP) is -4.00. The minimum atomic E-state index is -1.54. The maximum absolute atomic E-state index is 12.0. The topological polar surface area (TPSA) is 133 Å². The summed E-state index contributed by atoms with van der Waals surface area (Å²) in [5.74, 6) is -3.02. The van der Waals surface area contributed by atoms with Gasteiger partial charge < -0.3 is 25.5 Å². The van der Waals surface area contributed by atoms with E-state index in [-0.39, 0.29) is 51.7 Å². The van der Waals surface area contributed by atoms with Crippen LogP contribution in [0.5, 0.6) is 5.75 Å². The number of carbonyl (C=O) groups excluding carboxylic acids is 3. The standard InChI is InChI=1S/C15H14N2O6S.Na/c1-6(18)9-12(20)17-10(14(21)22)15(24-13(9)17)23-8-4-2-7(3-5-8)11(16)19;/h2-6,9,13,18H,1H3,(H2,16,19)(H,21,22);/q;+1/p-1/t6-,9+,13-;/m1./s1. The third-order valence-corrected chi connectivity index (χ3v) is 5.05. The number of fused-ring (bicyclic) bond motifs is 1. The summed E-state index contributed by atoms with van der Waals surface area (Å²) in [7, 11) is 0. The number of primary amides is 1. The molecule has 0 unspecified atom stereocenters. The molecule has 0 aromatic heterocycles. The molecule has 1 aromatic rings. The third-order valence-electron chi connectivity index (χ3n) is 3.81. The Morgan fingerprint density at radius 2 is 1.96 bits per heavy atom. The number of rotatable bonds is 5. The van der Waals surface area contributed by atoms with Gasteiger partial charge in [0.2, 0.25) is 11.8 Å². The molecule has 1 aromatic carbocycles. The molecule has 1 saturated heterocycles. The zero-order valence-corrected chi connectivity index (χ0v) is 16.3. The van der Waals surface area contributed by atoms with Crippen molar-refractivity contribution >= 4 is 29.5 Å². The van der Waals surface area contributed by atoms with Crippen LogP contribution in [0.2, 0.25) is 0 Å². The average molecular weight is 372 g/mol. The molecule has 1 fully saturated rings. The average Bonchev–Trinajstić information content (AvgIpc) is 2.81. The molecular weight excluding hydrogens is 359 g/mol. The summed E-state index contributed by atoms with van der Waals surface area (Å²) in [4.78, 5) is 35.5. The largest absolute Gasteiger partial charge is 1.00 e. The normalized spacial score (nSPS) is 22.6. The molecule has 0 bridgehead atoms. The summed E-state index contributed by atoms with van der Waals surface area (Å²) in [6, 6.07) is 5.80. The van der Waals surface area contributed by atoms with Gasteiger partial charge in [-0.3, -0.25) is 14.5 Å².